The molecule has 4 amide bonds. The number of aromatic hydroxyl groups is 2. The van der Waals surface area contributed by atoms with Crippen molar-refractivity contribution in [1.82, 2.24) is 29.7 Å². The number of nitrogens with zero attached hydrogens (tertiary/aromatic N) is 6. The van der Waals surface area contributed by atoms with Gasteiger partial charge in [0, 0.05) is 24.8 Å². The fraction of sp³-hybridized carbons (Fsp3) is 0.158. The minimum absolute atomic E-state index is 0.00419. The smallest absolute Gasteiger partial charge is 0.265 e. The zero-order valence-corrected chi connectivity index (χ0v) is 27.5. The Kier molecular flexibility index (Phi) is 8.26. The molecule has 0 spiro atoms. The van der Waals surface area contributed by atoms with E-state index in [0.29, 0.717) is 22.3 Å². The predicted molar refractivity (Wildman–Crippen MR) is 182 cm³/mol. The van der Waals surface area contributed by atoms with Crippen LogP contribution in [0.4, 0.5) is 8.78 Å². The number of halogens is 2. The van der Waals surface area contributed by atoms with Crippen molar-refractivity contribution in [3.63, 3.8) is 0 Å². The van der Waals surface area contributed by atoms with E-state index in [4.69, 9.17) is 4.74 Å². The van der Waals surface area contributed by atoms with Crippen molar-refractivity contribution >= 4 is 45.7 Å². The Morgan fingerprint density at radius 1 is 0.509 bits per heavy atom. The van der Waals surface area contributed by atoms with Gasteiger partial charge in [-0.15, -0.1) is 0 Å². The molecule has 13 nitrogen and oxygen atoms in total. The highest BCUT2D eigenvalue weighted by atomic mass is 19.1. The number of benzene rings is 4. The largest absolute Gasteiger partial charge is 0.505 e. The second kappa shape index (κ2) is 13.1. The van der Waals surface area contributed by atoms with E-state index in [1.165, 1.54) is 73.3 Å². The molecule has 2 aromatic heterocycles. The molecule has 0 atom stereocenters. The van der Waals surface area contributed by atoms with Crippen LogP contribution in [-0.2, 0) is 30.7 Å². The van der Waals surface area contributed by atoms with Gasteiger partial charge in [-0.05, 0) is 59.4 Å². The first-order valence-electron chi connectivity index (χ1n) is 16.4. The topological polar surface area (TPSA) is 176 Å². The molecule has 4 aromatic carbocycles. The van der Waals surface area contributed by atoms with Crippen LogP contribution in [0.2, 0.25) is 0 Å². The summed E-state index contributed by atoms with van der Waals surface area (Å²) in [6.45, 7) is -0.323. The molecular weight excluding hydrogens is 690 g/mol. The maximum absolute atomic E-state index is 13.8. The first kappa shape index (κ1) is 33.4. The summed E-state index contributed by atoms with van der Waals surface area (Å²) in [5.74, 6) is -4.69. The molecule has 0 fully saturated rings. The van der Waals surface area contributed by atoms with Gasteiger partial charge in [0.15, 0.2) is 11.5 Å². The highest BCUT2D eigenvalue weighted by Crippen LogP contribution is 2.41. The molecule has 8 rings (SSSR count). The monoisotopic (exact) mass is 716 g/mol. The SMILES string of the molecule is O=C1c2c(c(CCOCCc3c4c(c(O)c5nccnc35)C(=O)N(Cc3ccc(F)cc3)C4=O)c3nccnc3c2O)C(=O)N1Cc1ccc(F)cc1. The van der Waals surface area contributed by atoms with E-state index in [0.717, 1.165) is 9.80 Å². The van der Waals surface area contributed by atoms with Gasteiger partial charge in [0.1, 0.15) is 22.7 Å². The van der Waals surface area contributed by atoms with Gasteiger partial charge in [-0.3, -0.25) is 38.9 Å². The molecule has 0 aliphatic carbocycles. The van der Waals surface area contributed by atoms with E-state index in [9.17, 15) is 38.2 Å². The summed E-state index contributed by atoms with van der Waals surface area (Å²) in [7, 11) is 0. The molecule has 2 aliphatic heterocycles. The van der Waals surface area contributed by atoms with Gasteiger partial charge in [-0.1, -0.05) is 24.3 Å². The van der Waals surface area contributed by atoms with Crippen molar-refractivity contribution in [3.05, 3.63) is 129 Å². The Morgan fingerprint density at radius 2 is 0.849 bits per heavy atom. The van der Waals surface area contributed by atoms with Crippen LogP contribution in [0.3, 0.4) is 0 Å². The molecule has 0 saturated heterocycles. The van der Waals surface area contributed by atoms with E-state index in [1.54, 1.807) is 0 Å². The molecule has 0 unspecified atom stereocenters. The summed E-state index contributed by atoms with van der Waals surface area (Å²) in [5, 5.41) is 22.2. The number of imide groups is 2. The van der Waals surface area contributed by atoms with Crippen molar-refractivity contribution in [1.29, 1.82) is 0 Å². The molecule has 0 radical (unpaired) electrons. The summed E-state index contributed by atoms with van der Waals surface area (Å²) in [6, 6.07) is 10.7. The van der Waals surface area contributed by atoms with Crippen molar-refractivity contribution in [3.8, 4) is 11.5 Å². The predicted octanol–water partition coefficient (Wildman–Crippen LogP) is 4.66. The van der Waals surface area contributed by atoms with E-state index >= 15 is 0 Å². The normalized spacial score (nSPS) is 13.8. The second-order valence-corrected chi connectivity index (χ2v) is 12.4. The number of ether oxygens (including phenoxy) is 1. The third-order valence-electron chi connectivity index (χ3n) is 9.33. The lowest BCUT2D eigenvalue weighted by Crippen LogP contribution is -2.29. The van der Waals surface area contributed by atoms with Gasteiger partial charge in [-0.2, -0.15) is 0 Å². The van der Waals surface area contributed by atoms with E-state index in [2.05, 4.69) is 19.9 Å². The number of phenolic OH excluding ortho intramolecular Hbond substituents is 2. The van der Waals surface area contributed by atoms with E-state index < -0.39 is 46.8 Å². The number of rotatable bonds is 10. The molecule has 264 valence electrons. The molecule has 6 aromatic rings. The van der Waals surface area contributed by atoms with Crippen molar-refractivity contribution in [2.24, 2.45) is 0 Å². The van der Waals surface area contributed by atoms with Gasteiger partial charge in [0.2, 0.25) is 0 Å². The van der Waals surface area contributed by atoms with Crippen molar-refractivity contribution < 1.29 is 42.9 Å². The minimum atomic E-state index is -0.733. The molecule has 53 heavy (non-hydrogen) atoms. The van der Waals surface area contributed by atoms with Crippen LogP contribution in [0.1, 0.15) is 63.7 Å². The first-order chi connectivity index (χ1) is 25.6. The summed E-state index contributed by atoms with van der Waals surface area (Å²) in [6.07, 6.45) is 5.62. The highest BCUT2D eigenvalue weighted by molar-refractivity contribution is 6.26. The second-order valence-electron chi connectivity index (χ2n) is 12.4. The molecule has 2 N–H and O–H groups in total. The Hall–Kier alpha value is -6.74. The molecule has 15 heteroatoms. The van der Waals surface area contributed by atoms with E-state index in [1.807, 2.05) is 0 Å². The number of fused-ring (bicyclic) bond motifs is 4. The van der Waals surface area contributed by atoms with Crippen molar-refractivity contribution in [2.75, 3.05) is 13.2 Å². The Labute approximate surface area is 298 Å². The number of hydrogen-bond donors (Lipinski definition) is 2. The maximum atomic E-state index is 13.8. The number of phenols is 2. The number of amides is 4. The zero-order valence-electron chi connectivity index (χ0n) is 27.5. The summed E-state index contributed by atoms with van der Waals surface area (Å²) >= 11 is 0. The third-order valence-corrected chi connectivity index (χ3v) is 9.33. The first-order valence-corrected chi connectivity index (χ1v) is 16.4. The lowest BCUT2D eigenvalue weighted by molar-refractivity contribution is 0.0626. The summed E-state index contributed by atoms with van der Waals surface area (Å²) in [5.41, 5.74) is 1.67. The van der Waals surface area contributed by atoms with Gasteiger partial charge < -0.3 is 14.9 Å². The van der Waals surface area contributed by atoms with Crippen LogP contribution in [0.15, 0.2) is 73.3 Å². The van der Waals surface area contributed by atoms with Gasteiger partial charge in [-0.25, -0.2) is 18.7 Å². The van der Waals surface area contributed by atoms with Gasteiger partial charge in [0.05, 0.1) is 59.6 Å². The molecular formula is C38H26F2N6O7. The highest BCUT2D eigenvalue weighted by Gasteiger charge is 2.43. The molecule has 0 bridgehead atoms. The number of carbonyl (C=O) groups excluding carboxylic acids is 4. The average Bonchev–Trinajstić information content (AvgIpc) is 3.56. The minimum Gasteiger partial charge on any atom is -0.505 e. The Balaban J connectivity index is 1.06. The van der Waals surface area contributed by atoms with Crippen LogP contribution >= 0.6 is 0 Å². The molecule has 4 heterocycles. The molecule has 0 saturated carbocycles. The fourth-order valence-electron chi connectivity index (χ4n) is 6.86. The maximum Gasteiger partial charge on any atom is 0.265 e. The van der Waals surface area contributed by atoms with Crippen LogP contribution in [0.25, 0.3) is 22.1 Å². The lowest BCUT2D eigenvalue weighted by atomic mass is 9.96. The Morgan fingerprint density at radius 3 is 1.23 bits per heavy atom. The summed E-state index contributed by atoms with van der Waals surface area (Å²) in [4.78, 5) is 73.6. The van der Waals surface area contributed by atoms with Gasteiger partial charge >= 0.3 is 0 Å². The summed E-state index contributed by atoms with van der Waals surface area (Å²) < 4.78 is 33.0. The average molecular weight is 717 g/mol. The standard InChI is InChI=1S/C38H26F2N6O7/c39-21-5-1-19(2-6-21)17-45-35(49)25-23(29-31(43-13-11-41-29)33(47)27(25)37(45)51)9-15-53-16-10-24-26-28(34(48)32-30(24)42-12-14-44-32)38(52)46(36(26)50)18-20-3-7-22(40)8-4-20/h1-8,11-14,47-48H,9-10,15-18H2. The van der Waals surface area contributed by atoms with Crippen LogP contribution in [0.5, 0.6) is 11.5 Å². The number of aromatic nitrogens is 4. The third kappa shape index (κ3) is 5.57. The quantitative estimate of drug-likeness (QED) is 0.149. The Bertz CT molecular complexity index is 2350. The fourth-order valence-corrected chi connectivity index (χ4v) is 6.86. The van der Waals surface area contributed by atoms with Crippen molar-refractivity contribution in [2.45, 2.75) is 25.9 Å². The number of hydrogen-bond acceptors (Lipinski definition) is 11. The van der Waals surface area contributed by atoms with Crippen LogP contribution < -0.4 is 0 Å². The van der Waals surface area contributed by atoms with Crippen LogP contribution in [0, 0.1) is 11.6 Å². The number of carbonyl (C=O) groups is 4. The van der Waals surface area contributed by atoms with Gasteiger partial charge in [0.25, 0.3) is 23.6 Å². The zero-order chi connectivity index (χ0) is 37.0. The molecule has 2 aliphatic rings. The lowest BCUT2D eigenvalue weighted by Gasteiger charge is -2.15. The van der Waals surface area contributed by atoms with E-state index in [-0.39, 0.29) is 83.5 Å². The van der Waals surface area contributed by atoms with Crippen LogP contribution in [-0.4, -0.2) is 76.8 Å².